The molecular weight excluding hydrogens is 280 g/mol. The summed E-state index contributed by atoms with van der Waals surface area (Å²) in [5.74, 6) is 2.55. The van der Waals surface area contributed by atoms with Crippen molar-refractivity contribution in [2.75, 3.05) is 0 Å². The first-order chi connectivity index (χ1) is 10.7. The normalized spacial score (nSPS) is 11.8. The predicted molar refractivity (Wildman–Crippen MR) is 97.9 cm³/mol. The maximum absolute atomic E-state index is 4.87. The highest BCUT2D eigenvalue weighted by atomic mass is 15.0. The number of hydrogen-bond acceptors (Lipinski definition) is 1. The monoisotopic (exact) mass is 311 g/mol. The Bertz CT molecular complexity index is 668. The van der Waals surface area contributed by atoms with Crippen molar-refractivity contribution in [3.8, 4) is 11.3 Å². The summed E-state index contributed by atoms with van der Waals surface area (Å²) in [5.41, 5.74) is 6.70. The molecule has 0 saturated heterocycles. The fraction of sp³-hybridized carbons (Fsp3) is 0.524. The second kappa shape index (κ2) is 6.82. The van der Waals surface area contributed by atoms with E-state index in [2.05, 4.69) is 77.4 Å². The number of rotatable bonds is 4. The first kappa shape index (κ1) is 17.7. The summed E-state index contributed by atoms with van der Waals surface area (Å²) in [6.45, 7) is 15.7. The van der Waals surface area contributed by atoms with Gasteiger partial charge in [0.2, 0.25) is 0 Å². The van der Waals surface area contributed by atoms with Gasteiger partial charge in [0.15, 0.2) is 5.69 Å². The van der Waals surface area contributed by atoms with E-state index in [0.717, 1.165) is 11.5 Å². The Hall–Kier alpha value is -1.70. The molecule has 0 N–H and O–H groups in total. The number of hydrogen-bond donors (Lipinski definition) is 0. The molecule has 1 aromatic carbocycles. The Morgan fingerprint density at radius 1 is 0.870 bits per heavy atom. The Labute approximate surface area is 141 Å². The van der Waals surface area contributed by atoms with E-state index in [-0.39, 0.29) is 0 Å². The maximum Gasteiger partial charge on any atom is 0.295 e. The number of benzene rings is 1. The zero-order valence-corrected chi connectivity index (χ0v) is 15.9. The van der Waals surface area contributed by atoms with Crippen molar-refractivity contribution in [3.05, 3.63) is 46.9 Å². The van der Waals surface area contributed by atoms with Crippen LogP contribution in [0.1, 0.15) is 81.8 Å². The van der Waals surface area contributed by atoms with E-state index in [1.807, 2.05) is 7.05 Å². The van der Waals surface area contributed by atoms with Gasteiger partial charge in [0.1, 0.15) is 0 Å². The third-order valence-electron chi connectivity index (χ3n) is 4.64. The lowest BCUT2D eigenvalue weighted by atomic mass is 9.83. The zero-order valence-electron chi connectivity index (χ0n) is 15.9. The van der Waals surface area contributed by atoms with Crippen LogP contribution in [0.4, 0.5) is 0 Å². The molecule has 124 valence electrons. The van der Waals surface area contributed by atoms with Crippen LogP contribution in [-0.4, -0.2) is 4.98 Å². The molecule has 0 saturated carbocycles. The average molecular weight is 311 g/mol. The smallest absolute Gasteiger partial charge is 0.238 e. The lowest BCUT2D eigenvalue weighted by Crippen LogP contribution is -2.32. The van der Waals surface area contributed by atoms with Crippen LogP contribution in [0.15, 0.2) is 24.4 Å². The van der Waals surface area contributed by atoms with Gasteiger partial charge in [0, 0.05) is 18.6 Å². The van der Waals surface area contributed by atoms with Gasteiger partial charge >= 0.3 is 0 Å². The van der Waals surface area contributed by atoms with E-state index in [0.29, 0.717) is 17.8 Å². The van der Waals surface area contributed by atoms with Crippen molar-refractivity contribution in [1.82, 2.24) is 4.98 Å². The summed E-state index contributed by atoms with van der Waals surface area (Å²) < 4.78 is 2.07. The second-order valence-corrected chi connectivity index (χ2v) is 7.51. The largest absolute Gasteiger partial charge is 0.295 e. The Balaban J connectivity index is 2.80. The highest BCUT2D eigenvalue weighted by Gasteiger charge is 2.22. The molecule has 0 amide bonds. The number of nitrogens with zero attached hydrogens (tertiary/aromatic N) is 2. The molecule has 2 aromatic rings. The van der Waals surface area contributed by atoms with Crippen LogP contribution in [-0.2, 0) is 7.05 Å². The minimum atomic E-state index is 0.484. The van der Waals surface area contributed by atoms with Crippen molar-refractivity contribution < 1.29 is 4.57 Å². The van der Waals surface area contributed by atoms with Crippen molar-refractivity contribution in [2.45, 2.75) is 66.2 Å². The highest BCUT2D eigenvalue weighted by Crippen LogP contribution is 2.37. The molecule has 1 aromatic heterocycles. The third kappa shape index (κ3) is 3.63. The SMILES string of the molecule is Cc1nc(-c2c(C(C)C)cc(C(C)C)cc2C(C)C)cc[n+]1C. The molecule has 0 atom stereocenters. The molecule has 0 aliphatic carbocycles. The van der Waals surface area contributed by atoms with Crippen LogP contribution >= 0.6 is 0 Å². The van der Waals surface area contributed by atoms with Crippen molar-refractivity contribution in [1.29, 1.82) is 0 Å². The van der Waals surface area contributed by atoms with Gasteiger partial charge < -0.3 is 0 Å². The first-order valence-corrected chi connectivity index (χ1v) is 8.73. The standard InChI is InChI=1S/C21H31N2/c1-13(2)17-11-18(14(3)4)21(19(12-17)15(5)6)20-9-10-23(8)16(7)22-20/h9-15H,1-8H3/q+1. The summed E-state index contributed by atoms with van der Waals surface area (Å²) in [4.78, 5) is 4.87. The van der Waals surface area contributed by atoms with Crippen molar-refractivity contribution in [3.63, 3.8) is 0 Å². The molecule has 0 bridgehead atoms. The van der Waals surface area contributed by atoms with E-state index in [1.54, 1.807) is 0 Å². The first-order valence-electron chi connectivity index (χ1n) is 8.73. The van der Waals surface area contributed by atoms with Gasteiger partial charge in [-0.2, -0.15) is 0 Å². The van der Waals surface area contributed by atoms with Gasteiger partial charge in [-0.05, 0) is 39.4 Å². The molecule has 0 radical (unpaired) electrons. The van der Waals surface area contributed by atoms with Crippen LogP contribution in [0.25, 0.3) is 11.3 Å². The minimum Gasteiger partial charge on any atom is -0.238 e. The summed E-state index contributed by atoms with van der Waals surface area (Å²) in [6, 6.07) is 6.93. The second-order valence-electron chi connectivity index (χ2n) is 7.51. The van der Waals surface area contributed by atoms with E-state index >= 15 is 0 Å². The average Bonchev–Trinajstić information content (AvgIpc) is 2.48. The quantitative estimate of drug-likeness (QED) is 0.704. The maximum atomic E-state index is 4.87. The van der Waals surface area contributed by atoms with Crippen LogP contribution < -0.4 is 4.57 Å². The number of aromatic nitrogens is 2. The van der Waals surface area contributed by atoms with Crippen molar-refractivity contribution >= 4 is 0 Å². The molecule has 23 heavy (non-hydrogen) atoms. The molecule has 0 unspecified atom stereocenters. The van der Waals surface area contributed by atoms with Gasteiger partial charge in [-0.25, -0.2) is 4.57 Å². The van der Waals surface area contributed by atoms with E-state index in [4.69, 9.17) is 4.98 Å². The van der Waals surface area contributed by atoms with E-state index in [9.17, 15) is 0 Å². The van der Waals surface area contributed by atoms with E-state index < -0.39 is 0 Å². The fourth-order valence-corrected chi connectivity index (χ4v) is 2.97. The Morgan fingerprint density at radius 2 is 1.39 bits per heavy atom. The highest BCUT2D eigenvalue weighted by molar-refractivity contribution is 5.70. The minimum absolute atomic E-state index is 0.484. The Kier molecular flexibility index (Phi) is 5.23. The van der Waals surface area contributed by atoms with Crippen molar-refractivity contribution in [2.24, 2.45) is 7.05 Å². The zero-order chi connectivity index (χ0) is 17.3. The summed E-state index contributed by atoms with van der Waals surface area (Å²) in [6.07, 6.45) is 2.11. The van der Waals surface area contributed by atoms with Gasteiger partial charge in [0.25, 0.3) is 5.82 Å². The molecular formula is C21H31N2+. The Morgan fingerprint density at radius 3 is 1.78 bits per heavy atom. The van der Waals surface area contributed by atoms with Crippen LogP contribution in [0.2, 0.25) is 0 Å². The molecule has 0 aliphatic heterocycles. The molecule has 0 aliphatic rings. The lowest BCUT2D eigenvalue weighted by molar-refractivity contribution is -0.680. The number of aryl methyl sites for hydroxylation is 2. The summed E-state index contributed by atoms with van der Waals surface area (Å²) in [7, 11) is 2.04. The van der Waals surface area contributed by atoms with Gasteiger partial charge in [-0.3, -0.25) is 0 Å². The summed E-state index contributed by atoms with van der Waals surface area (Å²) in [5, 5.41) is 0. The topological polar surface area (TPSA) is 16.8 Å². The predicted octanol–water partition coefficient (Wildman–Crippen LogP) is 5.25. The van der Waals surface area contributed by atoms with Gasteiger partial charge in [-0.15, -0.1) is 0 Å². The lowest BCUT2D eigenvalue weighted by Gasteiger charge is -2.21. The molecule has 2 nitrogen and oxygen atoms in total. The van der Waals surface area contributed by atoms with Crippen LogP contribution in [0.5, 0.6) is 0 Å². The molecule has 1 heterocycles. The fourth-order valence-electron chi connectivity index (χ4n) is 2.97. The third-order valence-corrected chi connectivity index (χ3v) is 4.64. The molecule has 0 spiro atoms. The van der Waals surface area contributed by atoms with Crippen LogP contribution in [0.3, 0.4) is 0 Å². The molecule has 2 heteroatoms. The molecule has 0 fully saturated rings. The molecule has 2 rings (SSSR count). The van der Waals surface area contributed by atoms with Gasteiger partial charge in [-0.1, -0.05) is 53.7 Å². The van der Waals surface area contributed by atoms with E-state index in [1.165, 1.54) is 22.3 Å². The van der Waals surface area contributed by atoms with Gasteiger partial charge in [0.05, 0.1) is 13.2 Å². The van der Waals surface area contributed by atoms with Crippen LogP contribution in [0, 0.1) is 6.92 Å². The summed E-state index contributed by atoms with van der Waals surface area (Å²) >= 11 is 0.